The first-order valence-electron chi connectivity index (χ1n) is 6.72. The largest absolute Gasteiger partial charge is 0.370 e. The van der Waals surface area contributed by atoms with Crippen LogP contribution in [0.1, 0.15) is 12.5 Å². The second-order valence-electron chi connectivity index (χ2n) is 4.42. The van der Waals surface area contributed by atoms with Gasteiger partial charge in [-0.3, -0.25) is 15.1 Å². The predicted molar refractivity (Wildman–Crippen MR) is 81.5 cm³/mol. The lowest BCUT2D eigenvalue weighted by Crippen LogP contribution is -2.08. The number of pyridine rings is 2. The molecule has 0 amide bonds. The van der Waals surface area contributed by atoms with Crippen LogP contribution in [0.15, 0.2) is 36.7 Å². The zero-order chi connectivity index (χ0) is 15.1. The summed E-state index contributed by atoms with van der Waals surface area (Å²) < 4.78 is 0. The zero-order valence-corrected chi connectivity index (χ0v) is 11.7. The first-order valence-corrected chi connectivity index (χ1v) is 6.72. The van der Waals surface area contributed by atoms with Gasteiger partial charge in [-0.25, -0.2) is 4.98 Å². The van der Waals surface area contributed by atoms with E-state index in [-0.39, 0.29) is 5.69 Å². The molecule has 7 heteroatoms. The lowest BCUT2D eigenvalue weighted by Gasteiger charge is -2.08. The lowest BCUT2D eigenvalue weighted by atomic mass is 10.2. The highest BCUT2D eigenvalue weighted by atomic mass is 16.6. The Morgan fingerprint density at radius 1 is 1.19 bits per heavy atom. The average Bonchev–Trinajstić information content (AvgIpc) is 2.48. The molecule has 2 aromatic rings. The minimum Gasteiger partial charge on any atom is -0.370 e. The van der Waals surface area contributed by atoms with Gasteiger partial charge < -0.3 is 10.6 Å². The summed E-state index contributed by atoms with van der Waals surface area (Å²) in [7, 11) is 0. The van der Waals surface area contributed by atoms with Crippen molar-refractivity contribution in [3.8, 4) is 0 Å². The van der Waals surface area contributed by atoms with Gasteiger partial charge in [0.15, 0.2) is 0 Å². The normalized spacial score (nSPS) is 10.1. The van der Waals surface area contributed by atoms with E-state index in [9.17, 15) is 10.1 Å². The van der Waals surface area contributed by atoms with E-state index in [0.29, 0.717) is 24.7 Å². The van der Waals surface area contributed by atoms with Gasteiger partial charge in [0.1, 0.15) is 11.6 Å². The zero-order valence-electron chi connectivity index (χ0n) is 11.7. The summed E-state index contributed by atoms with van der Waals surface area (Å²) in [5.74, 6) is 0.993. The average molecular weight is 287 g/mol. The third-order valence-corrected chi connectivity index (χ3v) is 2.85. The number of anilines is 2. The summed E-state index contributed by atoms with van der Waals surface area (Å²) in [6, 6.07) is 6.74. The summed E-state index contributed by atoms with van der Waals surface area (Å²) in [5.41, 5.74) is 1.17. The molecule has 2 aromatic heterocycles. The van der Waals surface area contributed by atoms with Gasteiger partial charge in [-0.15, -0.1) is 0 Å². The second-order valence-corrected chi connectivity index (χ2v) is 4.42. The van der Waals surface area contributed by atoms with Gasteiger partial charge in [0.2, 0.25) is 0 Å². The number of hydrogen-bond acceptors (Lipinski definition) is 6. The van der Waals surface area contributed by atoms with Crippen LogP contribution in [0.25, 0.3) is 0 Å². The molecule has 0 bridgehead atoms. The highest BCUT2D eigenvalue weighted by Gasteiger charge is 2.10. The second kappa shape index (κ2) is 7.18. The van der Waals surface area contributed by atoms with Crippen LogP contribution in [-0.4, -0.2) is 28.0 Å². The maximum absolute atomic E-state index is 10.9. The number of nitro groups is 1. The molecule has 0 aliphatic carbocycles. The fourth-order valence-electron chi connectivity index (χ4n) is 1.87. The molecule has 0 aromatic carbocycles. The van der Waals surface area contributed by atoms with Gasteiger partial charge in [-0.05, 0) is 31.0 Å². The number of hydrogen-bond donors (Lipinski definition) is 2. The van der Waals surface area contributed by atoms with E-state index in [2.05, 4.69) is 20.6 Å². The van der Waals surface area contributed by atoms with Gasteiger partial charge in [0.05, 0.1) is 17.1 Å². The molecule has 0 radical (unpaired) electrons. The van der Waals surface area contributed by atoms with Crippen molar-refractivity contribution < 1.29 is 4.92 Å². The Morgan fingerprint density at radius 3 is 2.48 bits per heavy atom. The van der Waals surface area contributed by atoms with Crippen LogP contribution in [0.2, 0.25) is 0 Å². The van der Waals surface area contributed by atoms with Gasteiger partial charge in [0, 0.05) is 25.5 Å². The van der Waals surface area contributed by atoms with E-state index in [0.717, 1.165) is 12.0 Å². The Balaban J connectivity index is 2.03. The van der Waals surface area contributed by atoms with Gasteiger partial charge in [0.25, 0.3) is 5.69 Å². The SMILES string of the molecule is CCNc1cc([N+](=O)[O-])cc(NCCc2ccncc2)n1. The van der Waals surface area contributed by atoms with E-state index >= 15 is 0 Å². The van der Waals surface area contributed by atoms with Crippen molar-refractivity contribution in [2.45, 2.75) is 13.3 Å². The highest BCUT2D eigenvalue weighted by molar-refractivity contribution is 5.54. The molecule has 0 saturated carbocycles. The summed E-state index contributed by atoms with van der Waals surface area (Å²) in [4.78, 5) is 18.8. The van der Waals surface area contributed by atoms with Crippen molar-refractivity contribution in [2.24, 2.45) is 0 Å². The Hall–Kier alpha value is -2.70. The van der Waals surface area contributed by atoms with Crippen LogP contribution in [0, 0.1) is 10.1 Å². The van der Waals surface area contributed by atoms with E-state index in [4.69, 9.17) is 0 Å². The fourth-order valence-corrected chi connectivity index (χ4v) is 1.87. The van der Waals surface area contributed by atoms with Crippen molar-refractivity contribution in [3.05, 3.63) is 52.3 Å². The molecule has 0 unspecified atom stereocenters. The standard InChI is InChI=1S/C14H17N5O2/c1-2-16-13-9-12(19(20)21)10-14(18-13)17-8-5-11-3-6-15-7-4-11/h3-4,6-7,9-10H,2,5,8H2,1H3,(H2,16,17,18). The van der Waals surface area contributed by atoms with Crippen molar-refractivity contribution in [3.63, 3.8) is 0 Å². The molecule has 110 valence electrons. The van der Waals surface area contributed by atoms with Crippen LogP contribution in [0.3, 0.4) is 0 Å². The predicted octanol–water partition coefficient (Wildman–Crippen LogP) is 2.47. The topological polar surface area (TPSA) is 93.0 Å². The first-order chi connectivity index (χ1) is 10.2. The van der Waals surface area contributed by atoms with Crippen LogP contribution in [0.5, 0.6) is 0 Å². The van der Waals surface area contributed by atoms with Crippen LogP contribution in [0.4, 0.5) is 17.3 Å². The van der Waals surface area contributed by atoms with E-state index in [1.807, 2.05) is 19.1 Å². The lowest BCUT2D eigenvalue weighted by molar-refractivity contribution is -0.384. The third-order valence-electron chi connectivity index (χ3n) is 2.85. The van der Waals surface area contributed by atoms with E-state index in [1.165, 1.54) is 12.1 Å². The van der Waals surface area contributed by atoms with Crippen LogP contribution in [-0.2, 0) is 6.42 Å². The fraction of sp³-hybridized carbons (Fsp3) is 0.286. The molecule has 2 N–H and O–H groups in total. The Morgan fingerprint density at radius 2 is 1.86 bits per heavy atom. The monoisotopic (exact) mass is 287 g/mol. The van der Waals surface area contributed by atoms with Gasteiger partial charge in [-0.2, -0.15) is 0 Å². The number of nitrogens with zero attached hydrogens (tertiary/aromatic N) is 3. The molecule has 2 heterocycles. The van der Waals surface area contributed by atoms with Crippen molar-refractivity contribution in [1.82, 2.24) is 9.97 Å². The summed E-state index contributed by atoms with van der Waals surface area (Å²) in [6.45, 7) is 3.21. The molecule has 0 aliphatic rings. The number of nitrogens with one attached hydrogen (secondary N) is 2. The highest BCUT2D eigenvalue weighted by Crippen LogP contribution is 2.20. The third kappa shape index (κ3) is 4.41. The van der Waals surface area contributed by atoms with Gasteiger partial charge in [-0.1, -0.05) is 0 Å². The smallest absolute Gasteiger partial charge is 0.276 e. The minimum atomic E-state index is -0.420. The van der Waals surface area contributed by atoms with E-state index < -0.39 is 4.92 Å². The molecule has 0 saturated heterocycles. The first kappa shape index (κ1) is 14.7. The van der Waals surface area contributed by atoms with Crippen molar-refractivity contribution in [2.75, 3.05) is 23.7 Å². The molecule has 0 aliphatic heterocycles. The molecule has 0 fully saturated rings. The molecule has 0 atom stereocenters. The summed E-state index contributed by atoms with van der Waals surface area (Å²) in [6.07, 6.45) is 4.28. The summed E-state index contributed by atoms with van der Waals surface area (Å²) in [5, 5.41) is 17.0. The van der Waals surface area contributed by atoms with Gasteiger partial charge >= 0.3 is 0 Å². The Kier molecular flexibility index (Phi) is 5.03. The van der Waals surface area contributed by atoms with Crippen LogP contribution < -0.4 is 10.6 Å². The Bertz CT molecular complexity index is 604. The quantitative estimate of drug-likeness (QED) is 0.600. The van der Waals surface area contributed by atoms with Crippen molar-refractivity contribution >= 4 is 17.3 Å². The van der Waals surface area contributed by atoms with Crippen molar-refractivity contribution in [1.29, 1.82) is 0 Å². The maximum atomic E-state index is 10.9. The molecule has 7 nitrogen and oxygen atoms in total. The molecule has 21 heavy (non-hydrogen) atoms. The number of aromatic nitrogens is 2. The molecule has 2 rings (SSSR count). The molecular weight excluding hydrogens is 270 g/mol. The molecular formula is C14H17N5O2. The van der Waals surface area contributed by atoms with Crippen LogP contribution >= 0.6 is 0 Å². The Labute approximate surface area is 122 Å². The minimum absolute atomic E-state index is 0.0207. The molecule has 0 spiro atoms. The summed E-state index contributed by atoms with van der Waals surface area (Å²) >= 11 is 0. The maximum Gasteiger partial charge on any atom is 0.276 e. The number of rotatable bonds is 7. The van der Waals surface area contributed by atoms with E-state index in [1.54, 1.807) is 12.4 Å².